The van der Waals surface area contributed by atoms with Gasteiger partial charge in [-0.05, 0) is 133 Å². The molecule has 1 radical (unpaired) electrons. The smallest absolute Gasteiger partial charge is 0.198 e. The van der Waals surface area contributed by atoms with Crippen LogP contribution in [0, 0.1) is 0 Å². The van der Waals surface area contributed by atoms with E-state index in [-0.39, 0.29) is 16.2 Å². The minimum Gasteiger partial charge on any atom is -0.454 e. The van der Waals surface area contributed by atoms with Gasteiger partial charge < -0.3 is 14.6 Å². The second-order valence-electron chi connectivity index (χ2n) is 21.5. The number of anilines is 5. The molecule has 4 heteroatoms. The fraction of sp³-hybridized carbons (Fsp3) is 0.188. The lowest BCUT2D eigenvalue weighted by atomic mass is 9.55. The predicted octanol–water partition coefficient (Wildman–Crippen LogP) is 16.6. The second kappa shape index (κ2) is 15.6. The minimum atomic E-state index is -0.0545. The van der Waals surface area contributed by atoms with Crippen molar-refractivity contribution in [2.75, 3.05) is 10.2 Å². The molecule has 0 atom stereocenters. The molecule has 2 aliphatic rings. The lowest BCUT2D eigenvalue weighted by Crippen LogP contribution is -2.44. The molecular weight excluding hydrogens is 824 g/mol. The molecule has 0 amide bonds. The van der Waals surface area contributed by atoms with E-state index in [9.17, 15) is 0 Å². The topological polar surface area (TPSA) is 28.4 Å². The third-order valence-electron chi connectivity index (χ3n) is 15.1. The Morgan fingerprint density at radius 2 is 1.18 bits per heavy atom. The highest BCUT2D eigenvalue weighted by Crippen LogP contribution is 2.52. The molecule has 2 heterocycles. The first-order valence-electron chi connectivity index (χ1n) is 24.3. The summed E-state index contributed by atoms with van der Waals surface area (Å²) in [4.78, 5) is 2.58. The third kappa shape index (κ3) is 6.95. The number of nitrogens with one attached hydrogen (secondary N) is 1. The van der Waals surface area contributed by atoms with Crippen molar-refractivity contribution in [1.82, 2.24) is 0 Å². The number of rotatable bonds is 6. The maximum atomic E-state index is 7.20. The summed E-state index contributed by atoms with van der Waals surface area (Å²) in [6, 6.07) is 66.9. The van der Waals surface area contributed by atoms with Crippen LogP contribution in [-0.2, 0) is 16.2 Å². The molecule has 0 bridgehead atoms. The van der Waals surface area contributed by atoms with Crippen molar-refractivity contribution < 1.29 is 4.42 Å². The van der Waals surface area contributed by atoms with Gasteiger partial charge in [0, 0.05) is 39.0 Å². The molecule has 0 fully saturated rings. The Hall–Kier alpha value is -7.30. The maximum Gasteiger partial charge on any atom is 0.198 e. The van der Waals surface area contributed by atoms with Crippen LogP contribution >= 0.6 is 0 Å². The number of furan rings is 1. The van der Waals surface area contributed by atoms with Crippen molar-refractivity contribution in [2.45, 2.75) is 77.6 Å². The first-order valence-corrected chi connectivity index (χ1v) is 24.3. The Bertz CT molecular complexity index is 3600. The molecule has 1 aliphatic carbocycles. The van der Waals surface area contributed by atoms with Crippen molar-refractivity contribution in [3.05, 3.63) is 199 Å². The molecule has 0 spiro atoms. The molecule has 0 saturated heterocycles. The summed E-state index contributed by atoms with van der Waals surface area (Å²) in [7, 11) is 2.48. The van der Waals surface area contributed by atoms with E-state index in [0.717, 1.165) is 74.1 Å². The largest absolute Gasteiger partial charge is 0.454 e. The summed E-state index contributed by atoms with van der Waals surface area (Å²) < 4.78 is 7.20. The van der Waals surface area contributed by atoms with E-state index in [1.807, 2.05) is 0 Å². The van der Waals surface area contributed by atoms with Gasteiger partial charge in [-0.15, -0.1) is 0 Å². The van der Waals surface area contributed by atoms with Crippen molar-refractivity contribution in [3.8, 4) is 33.4 Å². The molecule has 68 heavy (non-hydrogen) atoms. The molecule has 10 aromatic rings. The molecular formula is C64H56BN2O. The summed E-state index contributed by atoms with van der Waals surface area (Å²) in [6.07, 6.45) is 2.27. The zero-order valence-electron chi connectivity index (χ0n) is 40.2. The lowest BCUT2D eigenvalue weighted by Gasteiger charge is -2.44. The fourth-order valence-corrected chi connectivity index (χ4v) is 11.1. The van der Waals surface area contributed by atoms with E-state index in [4.69, 9.17) is 4.42 Å². The summed E-state index contributed by atoms with van der Waals surface area (Å²) in [6.45, 7) is 16.7. The molecule has 1 aromatic heterocycles. The number of nitrogens with zero attached hydrogens (tertiary/aromatic N) is 1. The van der Waals surface area contributed by atoms with Gasteiger partial charge in [0.25, 0.3) is 0 Å². The van der Waals surface area contributed by atoms with E-state index in [1.165, 1.54) is 60.9 Å². The quantitative estimate of drug-likeness (QED) is 0.169. The standard InChI is InChI=1S/C64H56BN2O/c1-62(2,3)44-29-33-55(48(36-44)42-20-12-9-13-21-42)67-56-39-52-51(63(4,5)34-35-64(52,6)7)38-53(56)65-59-50(37-49-47-24-16-17-25-57(47)68-61(49)60(59)67)58-46-23-15-14-22-43(46)28-32-54(58)66-45-30-26-41(27-31-45)40-18-10-8-11-19-40/h8-33,36-39,66H,34-35H2,1-7H3. The van der Waals surface area contributed by atoms with Crippen LogP contribution in [0.5, 0.6) is 0 Å². The highest BCUT2D eigenvalue weighted by Gasteiger charge is 2.41. The van der Waals surface area contributed by atoms with Crippen molar-refractivity contribution >= 4 is 79.4 Å². The van der Waals surface area contributed by atoms with E-state index >= 15 is 0 Å². The van der Waals surface area contributed by atoms with Crippen LogP contribution in [0.25, 0.3) is 66.1 Å². The highest BCUT2D eigenvalue weighted by molar-refractivity contribution is 6.74. The van der Waals surface area contributed by atoms with Gasteiger partial charge >= 0.3 is 0 Å². The van der Waals surface area contributed by atoms with Gasteiger partial charge in [-0.2, -0.15) is 0 Å². The zero-order chi connectivity index (χ0) is 46.5. The molecule has 1 aliphatic heterocycles. The number of para-hydroxylation sites is 1. The van der Waals surface area contributed by atoms with Crippen LogP contribution in [0.4, 0.5) is 28.4 Å². The van der Waals surface area contributed by atoms with Crippen LogP contribution in [0.3, 0.4) is 0 Å². The summed E-state index contributed by atoms with van der Waals surface area (Å²) in [5.74, 6) is 0. The van der Waals surface area contributed by atoms with E-state index in [2.05, 4.69) is 248 Å². The van der Waals surface area contributed by atoms with Gasteiger partial charge in [0.1, 0.15) is 5.58 Å². The monoisotopic (exact) mass is 879 g/mol. The first-order chi connectivity index (χ1) is 32.8. The van der Waals surface area contributed by atoms with Crippen LogP contribution in [0.1, 0.15) is 78.0 Å². The second-order valence-corrected chi connectivity index (χ2v) is 21.5. The Labute approximate surface area is 401 Å². The third-order valence-corrected chi connectivity index (χ3v) is 15.1. The van der Waals surface area contributed by atoms with Crippen molar-refractivity contribution in [2.24, 2.45) is 0 Å². The zero-order valence-corrected chi connectivity index (χ0v) is 40.2. The maximum absolute atomic E-state index is 7.20. The van der Waals surface area contributed by atoms with Gasteiger partial charge in [-0.1, -0.05) is 187 Å². The van der Waals surface area contributed by atoms with Gasteiger partial charge in [-0.25, -0.2) is 0 Å². The highest BCUT2D eigenvalue weighted by atomic mass is 16.3. The fourth-order valence-electron chi connectivity index (χ4n) is 11.1. The van der Waals surface area contributed by atoms with E-state index in [0.29, 0.717) is 0 Å². The van der Waals surface area contributed by atoms with Crippen LogP contribution in [0.15, 0.2) is 186 Å². The van der Waals surface area contributed by atoms with Gasteiger partial charge in [0.2, 0.25) is 0 Å². The van der Waals surface area contributed by atoms with Crippen LogP contribution in [0.2, 0.25) is 0 Å². The molecule has 12 rings (SSSR count). The average Bonchev–Trinajstić information content (AvgIpc) is 3.73. The molecule has 0 saturated carbocycles. The van der Waals surface area contributed by atoms with E-state index < -0.39 is 0 Å². The van der Waals surface area contributed by atoms with Crippen LogP contribution < -0.4 is 21.1 Å². The molecule has 331 valence electrons. The Morgan fingerprint density at radius 1 is 0.544 bits per heavy atom. The average molecular weight is 880 g/mol. The summed E-state index contributed by atoms with van der Waals surface area (Å²) >= 11 is 0. The van der Waals surface area contributed by atoms with Gasteiger partial charge in [-0.3, -0.25) is 0 Å². The number of fused-ring (bicyclic) bond motifs is 8. The van der Waals surface area contributed by atoms with Gasteiger partial charge in [0.15, 0.2) is 12.9 Å². The Kier molecular flexibility index (Phi) is 9.68. The SMILES string of the molecule is CC(C)(C)c1ccc(N2c3cc4c(cc3[B]c3c(-c5c(Nc6ccc(-c7ccccc7)cc6)ccc6ccccc56)cc5c(oc6ccccc65)c32)C(C)(C)CCC4(C)C)c(-c2ccccc2)c1. The van der Waals surface area contributed by atoms with Gasteiger partial charge in [0.05, 0.1) is 11.4 Å². The molecule has 9 aromatic carbocycles. The molecule has 0 unspecified atom stereocenters. The summed E-state index contributed by atoms with van der Waals surface area (Å²) in [5.41, 5.74) is 20.8. The first kappa shape index (κ1) is 42.1. The predicted molar refractivity (Wildman–Crippen MR) is 291 cm³/mol. The Balaban J connectivity index is 1.19. The Morgan fingerprint density at radius 3 is 1.90 bits per heavy atom. The number of hydrogen-bond acceptors (Lipinski definition) is 3. The normalized spacial score (nSPS) is 14.9. The van der Waals surface area contributed by atoms with E-state index in [1.54, 1.807) is 0 Å². The van der Waals surface area contributed by atoms with Crippen molar-refractivity contribution in [1.29, 1.82) is 0 Å². The number of benzene rings is 9. The lowest BCUT2D eigenvalue weighted by molar-refractivity contribution is 0.332. The van der Waals surface area contributed by atoms with Crippen LogP contribution in [-0.4, -0.2) is 7.28 Å². The minimum absolute atomic E-state index is 0.00351. The molecule has 3 nitrogen and oxygen atoms in total. The number of hydrogen-bond donors (Lipinski definition) is 1. The van der Waals surface area contributed by atoms with Crippen molar-refractivity contribution in [3.63, 3.8) is 0 Å². The molecule has 1 N–H and O–H groups in total. The summed E-state index contributed by atoms with van der Waals surface area (Å²) in [5, 5.41) is 8.52.